The van der Waals surface area contributed by atoms with E-state index in [-0.39, 0.29) is 53.3 Å². The Morgan fingerprint density at radius 2 is 1.04 bits per heavy atom. The predicted molar refractivity (Wildman–Crippen MR) is 96.4 cm³/mol. The molecule has 23 heavy (non-hydrogen) atoms. The molecule has 0 saturated heterocycles. The smallest absolute Gasteiger partial charge is 0.340 e. The van der Waals surface area contributed by atoms with E-state index >= 15 is 0 Å². The topological polar surface area (TPSA) is 83.8 Å². The summed E-state index contributed by atoms with van der Waals surface area (Å²) in [5.74, 6) is -1.08. The number of ether oxygens (including phenoxy) is 1. The summed E-state index contributed by atoms with van der Waals surface area (Å²) in [7, 11) is 0. The van der Waals surface area contributed by atoms with Gasteiger partial charge < -0.3 is 14.9 Å². The van der Waals surface area contributed by atoms with Crippen LogP contribution in [-0.2, 0) is 14.3 Å². The van der Waals surface area contributed by atoms with Gasteiger partial charge in [0, 0.05) is 19.6 Å². The molecule has 1 rings (SSSR count). The summed E-state index contributed by atoms with van der Waals surface area (Å²) in [6.45, 7) is 9.55. The molecule has 0 fully saturated rings. The van der Waals surface area contributed by atoms with E-state index in [1.165, 1.54) is 38.1 Å². The molecule has 1 aromatic carbocycles. The maximum atomic E-state index is 10.7. The second kappa shape index (κ2) is 15.9. The van der Waals surface area contributed by atoms with Crippen molar-refractivity contribution >= 4 is 20.4 Å². The molecule has 0 unspecified atom stereocenters. The first kappa shape index (κ1) is 32.4. The van der Waals surface area contributed by atoms with Crippen LogP contribution in [0, 0.1) is 0 Å². The SMILES string of the molecule is C.C.C.C=C(C)C(=O)OC(=O)C(=C)C.Oc1ccc(O)cc1.[B]. The summed E-state index contributed by atoms with van der Waals surface area (Å²) in [5.41, 5.74) is 0.388. The molecule has 5 nitrogen and oxygen atoms in total. The van der Waals surface area contributed by atoms with Gasteiger partial charge in [-0.3, -0.25) is 0 Å². The van der Waals surface area contributed by atoms with Crippen molar-refractivity contribution in [1.82, 2.24) is 0 Å². The molecule has 3 radical (unpaired) electrons. The van der Waals surface area contributed by atoms with Crippen LogP contribution in [0.5, 0.6) is 11.5 Å². The molecular formula is C17H28BO5. The maximum Gasteiger partial charge on any atom is 0.340 e. The number of phenols is 2. The van der Waals surface area contributed by atoms with Crippen LogP contribution in [0.2, 0.25) is 0 Å². The molecule has 0 atom stereocenters. The third-order valence-corrected chi connectivity index (χ3v) is 1.73. The Hall–Kier alpha value is -2.50. The number of rotatable bonds is 2. The van der Waals surface area contributed by atoms with E-state index in [2.05, 4.69) is 17.9 Å². The Bertz CT molecular complexity index is 447. The number of hydrogen-bond acceptors (Lipinski definition) is 5. The second-order valence-electron chi connectivity index (χ2n) is 3.75. The minimum atomic E-state index is -0.710. The molecule has 129 valence electrons. The number of esters is 2. The average Bonchev–Trinajstić information content (AvgIpc) is 2.33. The van der Waals surface area contributed by atoms with Gasteiger partial charge in [-0.05, 0) is 38.1 Å². The first-order valence-electron chi connectivity index (χ1n) is 5.29. The molecule has 0 saturated carbocycles. The molecule has 2 N–H and O–H groups in total. The fraction of sp³-hybridized carbons (Fsp3) is 0.294. The summed E-state index contributed by atoms with van der Waals surface area (Å²) in [4.78, 5) is 21.3. The van der Waals surface area contributed by atoms with E-state index < -0.39 is 11.9 Å². The second-order valence-corrected chi connectivity index (χ2v) is 3.75. The van der Waals surface area contributed by atoms with Crippen LogP contribution >= 0.6 is 0 Å². The number of aromatic hydroxyl groups is 2. The van der Waals surface area contributed by atoms with Gasteiger partial charge in [-0.15, -0.1) is 0 Å². The molecule has 0 amide bonds. The minimum absolute atomic E-state index is 0. The largest absolute Gasteiger partial charge is 0.508 e. The number of benzene rings is 1. The number of hydrogen-bond donors (Lipinski definition) is 2. The van der Waals surface area contributed by atoms with Crippen molar-refractivity contribution in [2.45, 2.75) is 36.1 Å². The Kier molecular flexibility index (Phi) is 22.4. The van der Waals surface area contributed by atoms with E-state index in [9.17, 15) is 9.59 Å². The lowest BCUT2D eigenvalue weighted by Crippen LogP contribution is -2.12. The van der Waals surface area contributed by atoms with Gasteiger partial charge in [0.05, 0.1) is 0 Å². The summed E-state index contributed by atoms with van der Waals surface area (Å²) in [6.07, 6.45) is 0. The molecule has 0 heterocycles. The molecule has 0 aromatic heterocycles. The van der Waals surface area contributed by atoms with Crippen LogP contribution in [0.4, 0.5) is 0 Å². The fourth-order valence-electron chi connectivity index (χ4n) is 0.711. The summed E-state index contributed by atoms with van der Waals surface area (Å²) in [6, 6.07) is 5.70. The van der Waals surface area contributed by atoms with Gasteiger partial charge in [0.15, 0.2) is 0 Å². The van der Waals surface area contributed by atoms with Crippen LogP contribution in [0.3, 0.4) is 0 Å². The number of carbonyl (C=O) groups excluding carboxylic acids is 2. The predicted octanol–water partition coefficient (Wildman–Crippen LogP) is 3.83. The van der Waals surface area contributed by atoms with Crippen LogP contribution < -0.4 is 0 Å². The maximum absolute atomic E-state index is 10.7. The zero-order chi connectivity index (χ0) is 15.0. The zero-order valence-electron chi connectivity index (χ0n) is 11.4. The lowest BCUT2D eigenvalue weighted by molar-refractivity contribution is -0.153. The molecular weight excluding hydrogens is 295 g/mol. The fourth-order valence-corrected chi connectivity index (χ4v) is 0.711. The van der Waals surface area contributed by atoms with Crippen LogP contribution in [0.15, 0.2) is 48.6 Å². The van der Waals surface area contributed by atoms with Crippen molar-refractivity contribution in [2.75, 3.05) is 0 Å². The van der Waals surface area contributed by atoms with Crippen molar-refractivity contribution in [3.05, 3.63) is 48.6 Å². The van der Waals surface area contributed by atoms with E-state index in [4.69, 9.17) is 10.2 Å². The number of carbonyl (C=O) groups is 2. The highest BCUT2D eigenvalue weighted by Gasteiger charge is 2.10. The molecule has 0 bridgehead atoms. The van der Waals surface area contributed by atoms with E-state index in [1.807, 2.05) is 0 Å². The van der Waals surface area contributed by atoms with Crippen molar-refractivity contribution < 1.29 is 24.5 Å². The zero-order valence-corrected chi connectivity index (χ0v) is 11.4. The Morgan fingerprint density at radius 1 is 0.826 bits per heavy atom. The van der Waals surface area contributed by atoms with Gasteiger partial charge in [-0.1, -0.05) is 35.4 Å². The van der Waals surface area contributed by atoms with Crippen LogP contribution in [-0.4, -0.2) is 30.6 Å². The standard InChI is InChI=1S/C8H10O3.C6H6O2.3CH4.B/c1-5(2)7(9)11-8(10)6(3)4;7-5-1-2-6(8)4-3-5;;;;/h1,3H2,2,4H3;1-4,7-8H;3*1H4;. The quantitative estimate of drug-likeness (QED) is 0.284. The highest BCUT2D eigenvalue weighted by atomic mass is 16.6. The lowest BCUT2D eigenvalue weighted by atomic mass is 10.3. The highest BCUT2D eigenvalue weighted by molar-refractivity contribution is 6.00. The van der Waals surface area contributed by atoms with Crippen molar-refractivity contribution in [3.63, 3.8) is 0 Å². The van der Waals surface area contributed by atoms with Crippen molar-refractivity contribution in [1.29, 1.82) is 0 Å². The summed E-state index contributed by atoms with van der Waals surface area (Å²) >= 11 is 0. The third kappa shape index (κ3) is 15.7. The Balaban J connectivity index is -0.0000000820. The molecule has 6 heteroatoms. The first-order valence-corrected chi connectivity index (χ1v) is 5.29. The molecule has 0 aliphatic heterocycles. The van der Waals surface area contributed by atoms with Crippen molar-refractivity contribution in [3.8, 4) is 11.5 Å². The summed E-state index contributed by atoms with van der Waals surface area (Å²) in [5, 5.41) is 17.3. The van der Waals surface area contributed by atoms with Gasteiger partial charge in [0.25, 0.3) is 0 Å². The van der Waals surface area contributed by atoms with Gasteiger partial charge in [0.2, 0.25) is 0 Å². The normalized spacial score (nSPS) is 7.22. The monoisotopic (exact) mass is 323 g/mol. The lowest BCUT2D eigenvalue weighted by Gasteiger charge is -1.99. The van der Waals surface area contributed by atoms with Crippen LogP contribution in [0.25, 0.3) is 0 Å². The minimum Gasteiger partial charge on any atom is -0.508 e. The van der Waals surface area contributed by atoms with E-state index in [0.29, 0.717) is 0 Å². The molecule has 0 spiro atoms. The Labute approximate surface area is 141 Å². The summed E-state index contributed by atoms with van der Waals surface area (Å²) < 4.78 is 4.30. The van der Waals surface area contributed by atoms with Gasteiger partial charge >= 0.3 is 11.9 Å². The van der Waals surface area contributed by atoms with Crippen LogP contribution in [0.1, 0.15) is 36.1 Å². The molecule has 1 aromatic rings. The van der Waals surface area contributed by atoms with Crippen molar-refractivity contribution in [2.24, 2.45) is 0 Å². The van der Waals surface area contributed by atoms with E-state index in [0.717, 1.165) is 0 Å². The Morgan fingerprint density at radius 3 is 1.22 bits per heavy atom. The number of phenolic OH excluding ortho intramolecular Hbond substituents is 2. The van der Waals surface area contributed by atoms with Gasteiger partial charge in [-0.2, -0.15) is 0 Å². The molecule has 0 aliphatic carbocycles. The van der Waals surface area contributed by atoms with Gasteiger partial charge in [0.1, 0.15) is 11.5 Å². The highest BCUT2D eigenvalue weighted by Crippen LogP contribution is 2.13. The molecule has 0 aliphatic rings. The van der Waals surface area contributed by atoms with E-state index in [1.54, 1.807) is 0 Å². The third-order valence-electron chi connectivity index (χ3n) is 1.73. The average molecular weight is 323 g/mol. The first-order chi connectivity index (χ1) is 8.73. The van der Waals surface area contributed by atoms with Gasteiger partial charge in [-0.25, -0.2) is 9.59 Å².